The first-order valence-electron chi connectivity index (χ1n) is 7.33. The maximum atomic E-state index is 12.1. The minimum Gasteiger partial charge on any atom is -0.348 e. The Bertz CT molecular complexity index is 879. The molecule has 2 aromatic rings. The molecule has 0 aliphatic carbocycles. The van der Waals surface area contributed by atoms with Crippen LogP contribution in [0.25, 0.3) is 0 Å². The van der Waals surface area contributed by atoms with E-state index >= 15 is 0 Å². The SMILES string of the molecule is CNS(=O)(=O)Cc1ccc(CNC(=O)c2ccccc2[N+](=O)[O-])cc1. The van der Waals surface area contributed by atoms with E-state index in [-0.39, 0.29) is 23.5 Å². The van der Waals surface area contributed by atoms with E-state index in [9.17, 15) is 23.3 Å². The van der Waals surface area contributed by atoms with Crippen LogP contribution in [0, 0.1) is 10.1 Å². The molecule has 0 aromatic heterocycles. The molecule has 0 unspecified atom stereocenters. The summed E-state index contributed by atoms with van der Waals surface area (Å²) in [4.78, 5) is 22.5. The Labute approximate surface area is 145 Å². The number of para-hydroxylation sites is 1. The van der Waals surface area contributed by atoms with Crippen molar-refractivity contribution in [3.05, 3.63) is 75.3 Å². The first kappa shape index (κ1) is 18.6. The van der Waals surface area contributed by atoms with Gasteiger partial charge in [-0.2, -0.15) is 0 Å². The van der Waals surface area contributed by atoms with Crippen LogP contribution in [-0.4, -0.2) is 26.3 Å². The molecular formula is C16H17N3O5S. The Kier molecular flexibility index (Phi) is 5.84. The molecular weight excluding hydrogens is 346 g/mol. The van der Waals surface area contributed by atoms with Gasteiger partial charge in [0, 0.05) is 12.6 Å². The van der Waals surface area contributed by atoms with Crippen molar-refractivity contribution in [2.75, 3.05) is 7.05 Å². The van der Waals surface area contributed by atoms with Crippen LogP contribution in [0.5, 0.6) is 0 Å². The third kappa shape index (κ3) is 5.10. The van der Waals surface area contributed by atoms with E-state index in [1.54, 1.807) is 30.3 Å². The van der Waals surface area contributed by atoms with Gasteiger partial charge in [0.2, 0.25) is 10.0 Å². The summed E-state index contributed by atoms with van der Waals surface area (Å²) in [5, 5.41) is 13.6. The van der Waals surface area contributed by atoms with Crippen LogP contribution >= 0.6 is 0 Å². The highest BCUT2D eigenvalue weighted by Gasteiger charge is 2.18. The fourth-order valence-electron chi connectivity index (χ4n) is 2.15. The molecule has 0 atom stereocenters. The van der Waals surface area contributed by atoms with Gasteiger partial charge in [0.1, 0.15) is 5.56 Å². The fraction of sp³-hybridized carbons (Fsp3) is 0.188. The maximum absolute atomic E-state index is 12.1. The molecule has 0 saturated heterocycles. The van der Waals surface area contributed by atoms with Gasteiger partial charge in [-0.15, -0.1) is 0 Å². The number of benzene rings is 2. The van der Waals surface area contributed by atoms with Crippen LogP contribution in [0.1, 0.15) is 21.5 Å². The molecule has 25 heavy (non-hydrogen) atoms. The highest BCUT2D eigenvalue weighted by Crippen LogP contribution is 2.17. The molecule has 1 amide bonds. The number of sulfonamides is 1. The number of carbonyl (C=O) groups is 1. The molecule has 0 saturated carbocycles. The number of rotatable bonds is 7. The average molecular weight is 363 g/mol. The lowest BCUT2D eigenvalue weighted by molar-refractivity contribution is -0.385. The van der Waals surface area contributed by atoms with E-state index in [1.165, 1.54) is 25.2 Å². The van der Waals surface area contributed by atoms with E-state index in [2.05, 4.69) is 10.0 Å². The molecule has 2 N–H and O–H groups in total. The highest BCUT2D eigenvalue weighted by atomic mass is 32.2. The molecule has 2 rings (SSSR count). The minimum atomic E-state index is -3.34. The standard InChI is InChI=1S/C16H17N3O5S/c1-17-25(23,24)11-13-8-6-12(7-9-13)10-18-16(20)14-4-2-3-5-15(14)19(21)22/h2-9,17H,10-11H2,1H3,(H,18,20). The van der Waals surface area contributed by atoms with Gasteiger partial charge >= 0.3 is 0 Å². The van der Waals surface area contributed by atoms with Crippen molar-refractivity contribution >= 4 is 21.6 Å². The quantitative estimate of drug-likeness (QED) is 0.572. The molecule has 2 aromatic carbocycles. The van der Waals surface area contributed by atoms with Crippen molar-refractivity contribution in [1.29, 1.82) is 0 Å². The number of amides is 1. The number of nitrogens with zero attached hydrogens (tertiary/aromatic N) is 1. The van der Waals surface area contributed by atoms with E-state index in [4.69, 9.17) is 0 Å². The van der Waals surface area contributed by atoms with E-state index in [0.29, 0.717) is 5.56 Å². The van der Waals surface area contributed by atoms with Crippen molar-refractivity contribution in [3.8, 4) is 0 Å². The summed E-state index contributed by atoms with van der Waals surface area (Å²) >= 11 is 0. The Morgan fingerprint density at radius 1 is 1.08 bits per heavy atom. The second-order valence-electron chi connectivity index (χ2n) is 5.24. The molecule has 0 spiro atoms. The molecule has 0 aliphatic rings. The summed E-state index contributed by atoms with van der Waals surface area (Å²) in [6.07, 6.45) is 0. The van der Waals surface area contributed by atoms with E-state index < -0.39 is 20.9 Å². The largest absolute Gasteiger partial charge is 0.348 e. The third-order valence-corrected chi connectivity index (χ3v) is 4.82. The fourth-order valence-corrected chi connectivity index (χ4v) is 2.92. The van der Waals surface area contributed by atoms with Crippen LogP contribution in [0.2, 0.25) is 0 Å². The average Bonchev–Trinajstić information content (AvgIpc) is 2.60. The number of nitro groups is 1. The zero-order valence-corrected chi connectivity index (χ0v) is 14.2. The van der Waals surface area contributed by atoms with Gasteiger partial charge in [-0.25, -0.2) is 13.1 Å². The number of carbonyl (C=O) groups excluding carboxylic acids is 1. The van der Waals surface area contributed by atoms with Gasteiger partial charge in [-0.05, 0) is 24.2 Å². The van der Waals surface area contributed by atoms with Crippen LogP contribution in [-0.2, 0) is 22.3 Å². The molecule has 9 heteroatoms. The monoisotopic (exact) mass is 363 g/mol. The number of nitro benzene ring substituents is 1. The van der Waals surface area contributed by atoms with E-state index in [1.807, 2.05) is 0 Å². The molecule has 0 aliphatic heterocycles. The topological polar surface area (TPSA) is 118 Å². The Hall–Kier alpha value is -2.78. The Balaban J connectivity index is 2.02. The van der Waals surface area contributed by atoms with Crippen molar-refractivity contribution in [2.24, 2.45) is 0 Å². The number of hydrogen-bond acceptors (Lipinski definition) is 5. The summed E-state index contributed by atoms with van der Waals surface area (Å²) in [5.41, 5.74) is 1.09. The summed E-state index contributed by atoms with van der Waals surface area (Å²) < 4.78 is 25.2. The first-order chi connectivity index (χ1) is 11.8. The molecule has 0 radical (unpaired) electrons. The predicted molar refractivity (Wildman–Crippen MR) is 92.4 cm³/mol. The minimum absolute atomic E-state index is 0.00997. The summed E-state index contributed by atoms with van der Waals surface area (Å²) in [7, 11) is -1.99. The van der Waals surface area contributed by atoms with Crippen molar-refractivity contribution in [1.82, 2.24) is 10.0 Å². The second-order valence-corrected chi connectivity index (χ2v) is 7.16. The van der Waals surface area contributed by atoms with Gasteiger partial charge in [0.05, 0.1) is 10.7 Å². The van der Waals surface area contributed by atoms with Crippen LogP contribution in [0.4, 0.5) is 5.69 Å². The normalized spacial score (nSPS) is 11.1. The number of nitrogens with one attached hydrogen (secondary N) is 2. The summed E-state index contributed by atoms with van der Waals surface area (Å²) in [6.45, 7) is 0.171. The van der Waals surface area contributed by atoms with Gasteiger partial charge in [0.15, 0.2) is 0 Å². The Morgan fingerprint density at radius 2 is 1.68 bits per heavy atom. The lowest BCUT2D eigenvalue weighted by Gasteiger charge is -2.07. The third-order valence-electron chi connectivity index (χ3n) is 3.49. The number of hydrogen-bond donors (Lipinski definition) is 2. The van der Waals surface area contributed by atoms with Crippen LogP contribution < -0.4 is 10.0 Å². The molecule has 0 fully saturated rings. The van der Waals surface area contributed by atoms with E-state index in [0.717, 1.165) is 5.56 Å². The smallest absolute Gasteiger partial charge is 0.282 e. The molecule has 0 bridgehead atoms. The van der Waals surface area contributed by atoms with Gasteiger partial charge < -0.3 is 5.32 Å². The van der Waals surface area contributed by atoms with Gasteiger partial charge in [-0.1, -0.05) is 36.4 Å². The zero-order chi connectivity index (χ0) is 18.4. The van der Waals surface area contributed by atoms with Crippen molar-refractivity contribution < 1.29 is 18.1 Å². The molecule has 0 heterocycles. The lowest BCUT2D eigenvalue weighted by Crippen LogP contribution is -2.23. The lowest BCUT2D eigenvalue weighted by atomic mass is 10.1. The van der Waals surface area contributed by atoms with Crippen LogP contribution in [0.3, 0.4) is 0 Å². The first-order valence-corrected chi connectivity index (χ1v) is 8.98. The zero-order valence-electron chi connectivity index (χ0n) is 13.4. The summed E-state index contributed by atoms with van der Waals surface area (Å²) in [6, 6.07) is 12.4. The van der Waals surface area contributed by atoms with Crippen molar-refractivity contribution in [2.45, 2.75) is 12.3 Å². The molecule has 132 valence electrons. The van der Waals surface area contributed by atoms with Crippen molar-refractivity contribution in [3.63, 3.8) is 0 Å². The molecule has 8 nitrogen and oxygen atoms in total. The van der Waals surface area contributed by atoms with Gasteiger partial charge in [-0.3, -0.25) is 14.9 Å². The Morgan fingerprint density at radius 3 is 2.28 bits per heavy atom. The summed E-state index contributed by atoms with van der Waals surface area (Å²) in [5.74, 6) is -0.680. The van der Waals surface area contributed by atoms with Crippen LogP contribution in [0.15, 0.2) is 48.5 Å². The maximum Gasteiger partial charge on any atom is 0.282 e. The predicted octanol–water partition coefficient (Wildman–Crippen LogP) is 1.57. The highest BCUT2D eigenvalue weighted by molar-refractivity contribution is 7.88. The van der Waals surface area contributed by atoms with Gasteiger partial charge in [0.25, 0.3) is 11.6 Å². The second kappa shape index (κ2) is 7.86.